The topological polar surface area (TPSA) is 41.0 Å². The summed E-state index contributed by atoms with van der Waals surface area (Å²) in [6, 6.07) is 2.58. The Morgan fingerprint density at radius 1 is 1.32 bits per heavy atom. The van der Waals surface area contributed by atoms with Gasteiger partial charge >= 0.3 is 0 Å². The number of aromatic nitrogens is 2. The van der Waals surface area contributed by atoms with Crippen LogP contribution in [0.25, 0.3) is 0 Å². The summed E-state index contributed by atoms with van der Waals surface area (Å²) in [6.07, 6.45) is 2.70. The van der Waals surface area contributed by atoms with Crippen molar-refractivity contribution in [1.82, 2.24) is 9.97 Å². The van der Waals surface area contributed by atoms with Crippen LogP contribution in [0.1, 0.15) is 46.4 Å². The molecule has 19 heavy (non-hydrogen) atoms. The van der Waals surface area contributed by atoms with E-state index in [-0.39, 0.29) is 5.41 Å². The molecule has 1 aliphatic carbocycles. The predicted octanol–water partition coefficient (Wildman–Crippen LogP) is 3.05. The Morgan fingerprint density at radius 2 is 1.95 bits per heavy atom. The lowest BCUT2D eigenvalue weighted by molar-refractivity contribution is 0.540. The molecule has 1 aliphatic rings. The van der Waals surface area contributed by atoms with Crippen LogP contribution in [-0.2, 0) is 5.41 Å². The Labute approximate surface area is 116 Å². The number of hydrogen-bond donors (Lipinski definition) is 1. The molecule has 106 valence electrons. The third-order valence-electron chi connectivity index (χ3n) is 3.92. The lowest BCUT2D eigenvalue weighted by Crippen LogP contribution is -2.32. The Morgan fingerprint density at radius 3 is 2.42 bits per heavy atom. The van der Waals surface area contributed by atoms with Crippen LogP contribution in [0, 0.1) is 5.92 Å². The van der Waals surface area contributed by atoms with Gasteiger partial charge in [-0.1, -0.05) is 20.8 Å². The molecule has 0 aromatic carbocycles. The van der Waals surface area contributed by atoms with Crippen molar-refractivity contribution in [3.63, 3.8) is 0 Å². The van der Waals surface area contributed by atoms with E-state index in [4.69, 9.17) is 4.98 Å². The maximum Gasteiger partial charge on any atom is 0.138 e. The summed E-state index contributed by atoms with van der Waals surface area (Å²) in [5.74, 6) is 3.63. The van der Waals surface area contributed by atoms with Crippen molar-refractivity contribution in [3.05, 3.63) is 11.9 Å². The summed E-state index contributed by atoms with van der Waals surface area (Å²) in [4.78, 5) is 11.6. The molecule has 0 bridgehead atoms. The van der Waals surface area contributed by atoms with E-state index in [2.05, 4.69) is 49.9 Å². The van der Waals surface area contributed by atoms with E-state index in [1.54, 1.807) is 0 Å². The zero-order valence-corrected chi connectivity index (χ0v) is 13.0. The van der Waals surface area contributed by atoms with Gasteiger partial charge in [-0.3, -0.25) is 0 Å². The van der Waals surface area contributed by atoms with Gasteiger partial charge in [0.25, 0.3) is 0 Å². The first-order valence-corrected chi connectivity index (χ1v) is 7.13. The Bertz CT molecular complexity index is 446. The van der Waals surface area contributed by atoms with Gasteiger partial charge in [-0.25, -0.2) is 9.97 Å². The molecule has 4 heteroatoms. The van der Waals surface area contributed by atoms with Crippen LogP contribution in [0.15, 0.2) is 6.07 Å². The molecule has 0 saturated heterocycles. The van der Waals surface area contributed by atoms with Crippen LogP contribution in [0.4, 0.5) is 11.6 Å². The zero-order chi connectivity index (χ0) is 14.2. The van der Waals surface area contributed by atoms with Crippen molar-refractivity contribution < 1.29 is 0 Å². The lowest BCUT2D eigenvalue weighted by atomic mass is 9.95. The van der Waals surface area contributed by atoms with Crippen LogP contribution < -0.4 is 10.2 Å². The first-order chi connectivity index (χ1) is 8.82. The lowest BCUT2D eigenvalue weighted by Gasteiger charge is -2.28. The van der Waals surface area contributed by atoms with E-state index in [1.165, 1.54) is 12.8 Å². The average Bonchev–Trinajstić information content (AvgIpc) is 3.19. The number of nitrogens with one attached hydrogen (secondary N) is 1. The van der Waals surface area contributed by atoms with Crippen molar-refractivity contribution >= 4 is 11.6 Å². The molecular formula is C15H26N4. The molecule has 1 aromatic rings. The highest BCUT2D eigenvalue weighted by molar-refractivity contribution is 5.50. The molecule has 2 rings (SSSR count). The van der Waals surface area contributed by atoms with Gasteiger partial charge in [0, 0.05) is 31.6 Å². The van der Waals surface area contributed by atoms with Crippen molar-refractivity contribution in [2.45, 2.75) is 52.0 Å². The van der Waals surface area contributed by atoms with Crippen LogP contribution in [0.3, 0.4) is 0 Å². The van der Waals surface area contributed by atoms with Crippen LogP contribution in [0.5, 0.6) is 0 Å². The SMILES string of the molecule is CNc1cc(N(C)C(C)C2CC2)nc(C(C)(C)C)n1. The van der Waals surface area contributed by atoms with Crippen LogP contribution >= 0.6 is 0 Å². The summed E-state index contributed by atoms with van der Waals surface area (Å²) in [5, 5.41) is 3.14. The van der Waals surface area contributed by atoms with Gasteiger partial charge < -0.3 is 10.2 Å². The normalized spacial score (nSPS) is 17.2. The standard InChI is InChI=1S/C15H26N4/c1-10(11-7-8-11)19(6)13-9-12(16-5)17-14(18-13)15(2,3)4/h9-11H,7-8H2,1-6H3,(H,16,17,18). The summed E-state index contributed by atoms with van der Waals surface area (Å²) in [5.41, 5.74) is -0.0364. The molecule has 1 fully saturated rings. The van der Waals surface area contributed by atoms with Gasteiger partial charge in [0.05, 0.1) is 0 Å². The zero-order valence-electron chi connectivity index (χ0n) is 13.0. The molecule has 1 N–H and O–H groups in total. The second-order valence-corrected chi connectivity index (χ2v) is 6.62. The molecule has 0 spiro atoms. The minimum atomic E-state index is -0.0364. The molecule has 0 radical (unpaired) electrons. The monoisotopic (exact) mass is 262 g/mol. The number of anilines is 2. The van der Waals surface area contributed by atoms with E-state index in [1.807, 2.05) is 13.1 Å². The van der Waals surface area contributed by atoms with Gasteiger partial charge in [-0.05, 0) is 25.7 Å². The summed E-state index contributed by atoms with van der Waals surface area (Å²) >= 11 is 0. The maximum atomic E-state index is 4.76. The number of nitrogens with zero attached hydrogens (tertiary/aromatic N) is 3. The van der Waals surface area contributed by atoms with Gasteiger partial charge in [-0.2, -0.15) is 0 Å². The van der Waals surface area contributed by atoms with Gasteiger partial charge in [0.15, 0.2) is 0 Å². The van der Waals surface area contributed by atoms with Crippen molar-refractivity contribution in [1.29, 1.82) is 0 Å². The molecular weight excluding hydrogens is 236 g/mol. The van der Waals surface area contributed by atoms with E-state index >= 15 is 0 Å². The molecule has 1 aromatic heterocycles. The highest BCUT2D eigenvalue weighted by atomic mass is 15.2. The minimum Gasteiger partial charge on any atom is -0.373 e. The summed E-state index contributed by atoms with van der Waals surface area (Å²) < 4.78 is 0. The van der Waals surface area contributed by atoms with Crippen molar-refractivity contribution in [2.24, 2.45) is 5.92 Å². The Balaban J connectivity index is 2.33. The second kappa shape index (κ2) is 4.99. The molecule has 1 heterocycles. The number of hydrogen-bond acceptors (Lipinski definition) is 4. The molecule has 0 aliphatic heterocycles. The first-order valence-electron chi connectivity index (χ1n) is 7.13. The molecule has 0 amide bonds. The smallest absolute Gasteiger partial charge is 0.138 e. The molecule has 1 saturated carbocycles. The third-order valence-corrected chi connectivity index (χ3v) is 3.92. The first kappa shape index (κ1) is 14.1. The Hall–Kier alpha value is -1.32. The second-order valence-electron chi connectivity index (χ2n) is 6.62. The van der Waals surface area contributed by atoms with E-state index in [0.717, 1.165) is 23.4 Å². The van der Waals surface area contributed by atoms with E-state index < -0.39 is 0 Å². The average molecular weight is 262 g/mol. The van der Waals surface area contributed by atoms with Gasteiger partial charge in [0.2, 0.25) is 0 Å². The molecule has 1 unspecified atom stereocenters. The third kappa shape index (κ3) is 3.17. The summed E-state index contributed by atoms with van der Waals surface area (Å²) in [6.45, 7) is 8.73. The predicted molar refractivity (Wildman–Crippen MR) is 80.9 cm³/mol. The maximum absolute atomic E-state index is 4.76. The highest BCUT2D eigenvalue weighted by Crippen LogP contribution is 2.36. The number of rotatable bonds is 4. The van der Waals surface area contributed by atoms with Gasteiger partial charge in [0.1, 0.15) is 17.5 Å². The Kier molecular flexibility index (Phi) is 3.70. The quantitative estimate of drug-likeness (QED) is 0.905. The highest BCUT2D eigenvalue weighted by Gasteiger charge is 2.31. The fraction of sp³-hybridized carbons (Fsp3) is 0.733. The summed E-state index contributed by atoms with van der Waals surface area (Å²) in [7, 11) is 4.04. The fourth-order valence-corrected chi connectivity index (χ4v) is 2.18. The molecule has 4 nitrogen and oxygen atoms in total. The van der Waals surface area contributed by atoms with Crippen molar-refractivity contribution in [3.8, 4) is 0 Å². The van der Waals surface area contributed by atoms with Crippen molar-refractivity contribution in [2.75, 3.05) is 24.3 Å². The van der Waals surface area contributed by atoms with Crippen LogP contribution in [0.2, 0.25) is 0 Å². The fourth-order valence-electron chi connectivity index (χ4n) is 2.18. The minimum absolute atomic E-state index is 0.0364. The van der Waals surface area contributed by atoms with Crippen LogP contribution in [-0.4, -0.2) is 30.1 Å². The molecule has 1 atom stereocenters. The largest absolute Gasteiger partial charge is 0.373 e. The van der Waals surface area contributed by atoms with E-state index in [9.17, 15) is 0 Å². The van der Waals surface area contributed by atoms with Gasteiger partial charge in [-0.15, -0.1) is 0 Å². The van der Waals surface area contributed by atoms with E-state index in [0.29, 0.717) is 6.04 Å².